The molecule has 44 heavy (non-hydrogen) atoms. The van der Waals surface area contributed by atoms with Gasteiger partial charge in [0.05, 0.1) is 17.9 Å². The van der Waals surface area contributed by atoms with E-state index in [1.807, 2.05) is 19.1 Å². The topological polar surface area (TPSA) is 75.9 Å². The van der Waals surface area contributed by atoms with Crippen molar-refractivity contribution >= 4 is 28.1 Å². The largest absolute Gasteiger partial charge is 0.475 e. The quantitative estimate of drug-likeness (QED) is 0.369. The van der Waals surface area contributed by atoms with Crippen LogP contribution >= 0.6 is 0 Å². The first-order valence-electron chi connectivity index (χ1n) is 15.0. The standard InChI is InChI=1S/C33H35F3N6O2/c1-20-17-41(12-13-42(20)33(43)21(2)34)31-24-9-11-40(30-8-4-6-22-14-27(35)28(36)15-25(22)30)18-29(24)38-32(26(31)16-37)44-19-23-7-5-10-39(23)3/h4,6,8,14-15,20,23H,2,5,7,9-13,17-19H2,1,3H3. The summed E-state index contributed by atoms with van der Waals surface area (Å²) >= 11 is 0. The van der Waals surface area contributed by atoms with Crippen molar-refractivity contribution in [3.63, 3.8) is 0 Å². The van der Waals surface area contributed by atoms with Gasteiger partial charge in [-0.2, -0.15) is 5.26 Å². The van der Waals surface area contributed by atoms with E-state index in [9.17, 15) is 23.2 Å². The highest BCUT2D eigenvalue weighted by atomic mass is 19.2. The zero-order valence-corrected chi connectivity index (χ0v) is 25.0. The molecule has 4 heterocycles. The Kier molecular flexibility index (Phi) is 8.12. The molecule has 0 radical (unpaired) electrons. The van der Waals surface area contributed by atoms with Crippen molar-refractivity contribution < 1.29 is 22.7 Å². The van der Waals surface area contributed by atoms with Gasteiger partial charge in [-0.15, -0.1) is 0 Å². The molecule has 2 saturated heterocycles. The third-order valence-corrected chi connectivity index (χ3v) is 9.17. The lowest BCUT2D eigenvalue weighted by molar-refractivity contribution is -0.131. The Labute approximate surface area is 254 Å². The van der Waals surface area contributed by atoms with Gasteiger partial charge in [-0.05, 0) is 63.4 Å². The van der Waals surface area contributed by atoms with Gasteiger partial charge in [0.2, 0.25) is 5.88 Å². The number of benzene rings is 2. The average molecular weight is 605 g/mol. The summed E-state index contributed by atoms with van der Waals surface area (Å²) in [6.45, 7) is 8.41. The van der Waals surface area contributed by atoms with Crippen LogP contribution in [0.1, 0.15) is 36.6 Å². The van der Waals surface area contributed by atoms with Crippen LogP contribution in [0, 0.1) is 23.0 Å². The molecule has 8 nitrogen and oxygen atoms in total. The van der Waals surface area contributed by atoms with Gasteiger partial charge in [-0.1, -0.05) is 18.7 Å². The number of aromatic nitrogens is 1. The van der Waals surface area contributed by atoms with E-state index >= 15 is 0 Å². The lowest BCUT2D eigenvalue weighted by atomic mass is 9.96. The monoisotopic (exact) mass is 604 g/mol. The van der Waals surface area contributed by atoms with Crippen molar-refractivity contribution in [1.82, 2.24) is 14.8 Å². The number of hydrogen-bond acceptors (Lipinski definition) is 7. The van der Waals surface area contributed by atoms with E-state index < -0.39 is 23.4 Å². The van der Waals surface area contributed by atoms with Crippen LogP contribution in [0.25, 0.3) is 10.8 Å². The number of rotatable bonds is 6. The van der Waals surface area contributed by atoms with Crippen LogP contribution in [0.3, 0.4) is 0 Å². The number of halogens is 3. The molecule has 6 rings (SSSR count). The Bertz CT molecular complexity index is 1670. The van der Waals surface area contributed by atoms with Crippen LogP contribution in [0.4, 0.5) is 24.5 Å². The number of carbonyl (C=O) groups excluding carboxylic acids is 1. The van der Waals surface area contributed by atoms with Gasteiger partial charge in [-0.3, -0.25) is 4.79 Å². The Hall–Kier alpha value is -4.30. The molecule has 0 bridgehead atoms. The van der Waals surface area contributed by atoms with E-state index in [0.717, 1.165) is 42.0 Å². The van der Waals surface area contributed by atoms with Crippen LogP contribution in [-0.2, 0) is 17.8 Å². The zero-order valence-electron chi connectivity index (χ0n) is 25.0. The molecule has 230 valence electrons. The smallest absolute Gasteiger partial charge is 0.282 e. The number of ether oxygens (including phenoxy) is 1. The van der Waals surface area contributed by atoms with Gasteiger partial charge in [0, 0.05) is 54.9 Å². The molecule has 3 aromatic rings. The molecule has 2 aromatic carbocycles. The lowest BCUT2D eigenvalue weighted by Crippen LogP contribution is -2.54. The minimum atomic E-state index is -0.993. The molecule has 1 aromatic heterocycles. The lowest BCUT2D eigenvalue weighted by Gasteiger charge is -2.42. The molecule has 0 aliphatic carbocycles. The second kappa shape index (κ2) is 12.0. The Morgan fingerprint density at radius 3 is 2.66 bits per heavy atom. The van der Waals surface area contributed by atoms with Crippen molar-refractivity contribution in [2.45, 2.75) is 44.8 Å². The highest BCUT2D eigenvalue weighted by molar-refractivity contribution is 5.94. The fourth-order valence-electron chi connectivity index (χ4n) is 6.81. The van der Waals surface area contributed by atoms with Gasteiger partial charge in [-0.25, -0.2) is 18.2 Å². The number of amides is 1. The summed E-state index contributed by atoms with van der Waals surface area (Å²) in [5.74, 6) is -3.25. The second-order valence-electron chi connectivity index (χ2n) is 11.9. The highest BCUT2D eigenvalue weighted by Crippen LogP contribution is 2.40. The number of piperazine rings is 1. The maximum Gasteiger partial charge on any atom is 0.282 e. The summed E-state index contributed by atoms with van der Waals surface area (Å²) in [6.07, 6.45) is 2.62. The Morgan fingerprint density at radius 1 is 1.16 bits per heavy atom. The van der Waals surface area contributed by atoms with Crippen molar-refractivity contribution in [2.75, 3.05) is 56.2 Å². The van der Waals surface area contributed by atoms with Gasteiger partial charge < -0.3 is 24.3 Å². The predicted molar refractivity (Wildman–Crippen MR) is 162 cm³/mol. The van der Waals surface area contributed by atoms with Crippen LogP contribution in [0.2, 0.25) is 0 Å². The highest BCUT2D eigenvalue weighted by Gasteiger charge is 2.35. The van der Waals surface area contributed by atoms with Crippen LogP contribution in [0.15, 0.2) is 42.7 Å². The Morgan fingerprint density at radius 2 is 1.95 bits per heavy atom. The fourth-order valence-corrected chi connectivity index (χ4v) is 6.81. The fraction of sp³-hybridized carbons (Fsp3) is 0.424. The maximum absolute atomic E-state index is 14.3. The minimum Gasteiger partial charge on any atom is -0.475 e. The van der Waals surface area contributed by atoms with Gasteiger partial charge in [0.25, 0.3) is 5.91 Å². The molecule has 11 heteroatoms. The number of nitrogens with zero attached hydrogens (tertiary/aromatic N) is 6. The number of carbonyl (C=O) groups is 1. The average Bonchev–Trinajstić information content (AvgIpc) is 3.43. The number of fused-ring (bicyclic) bond motifs is 2. The Balaban J connectivity index is 1.38. The van der Waals surface area contributed by atoms with E-state index in [1.54, 1.807) is 6.07 Å². The van der Waals surface area contributed by atoms with E-state index in [4.69, 9.17) is 9.72 Å². The third kappa shape index (κ3) is 5.43. The number of likely N-dealkylation sites (tertiary alicyclic amines) is 1. The van der Waals surface area contributed by atoms with E-state index in [1.165, 1.54) is 17.0 Å². The normalized spacial score (nSPS) is 20.5. The summed E-state index contributed by atoms with van der Waals surface area (Å²) in [5.41, 5.74) is 3.51. The third-order valence-electron chi connectivity index (χ3n) is 9.17. The summed E-state index contributed by atoms with van der Waals surface area (Å²) in [5, 5.41) is 11.6. The molecule has 0 spiro atoms. The molecule has 0 saturated carbocycles. The molecular formula is C33H35F3N6O2. The second-order valence-corrected chi connectivity index (χ2v) is 11.9. The van der Waals surface area contributed by atoms with Crippen LogP contribution < -0.4 is 14.5 Å². The first-order chi connectivity index (χ1) is 21.2. The van der Waals surface area contributed by atoms with Crippen molar-refractivity contribution in [2.24, 2.45) is 0 Å². The molecule has 3 aliphatic heterocycles. The van der Waals surface area contributed by atoms with E-state index in [0.29, 0.717) is 55.5 Å². The van der Waals surface area contributed by atoms with Gasteiger partial charge in [0.15, 0.2) is 17.5 Å². The predicted octanol–water partition coefficient (Wildman–Crippen LogP) is 4.94. The van der Waals surface area contributed by atoms with Gasteiger partial charge in [0.1, 0.15) is 18.2 Å². The maximum atomic E-state index is 14.3. The molecule has 2 atom stereocenters. The SMILES string of the molecule is C=C(F)C(=O)N1CCN(c2c(C#N)c(OCC3CCCN3C)nc3c2CCN(c2cccc4cc(F)c(F)cc24)C3)CC1C. The van der Waals surface area contributed by atoms with E-state index in [2.05, 4.69) is 34.4 Å². The van der Waals surface area contributed by atoms with E-state index in [-0.39, 0.29) is 24.5 Å². The van der Waals surface area contributed by atoms with Crippen molar-refractivity contribution in [3.05, 3.63) is 71.2 Å². The zero-order chi connectivity index (χ0) is 31.1. The van der Waals surface area contributed by atoms with Crippen molar-refractivity contribution in [3.8, 4) is 11.9 Å². The minimum absolute atomic E-state index is 0.216. The number of anilines is 2. The number of likely N-dealkylation sites (N-methyl/N-ethyl adjacent to an activating group) is 1. The molecule has 0 N–H and O–H groups in total. The molecule has 3 aliphatic rings. The van der Waals surface area contributed by atoms with Crippen LogP contribution in [0.5, 0.6) is 5.88 Å². The number of hydrogen-bond donors (Lipinski definition) is 0. The summed E-state index contributed by atoms with van der Waals surface area (Å²) in [4.78, 5) is 25.2. The summed E-state index contributed by atoms with van der Waals surface area (Å²) < 4.78 is 48.3. The molecule has 2 unspecified atom stereocenters. The first-order valence-corrected chi connectivity index (χ1v) is 15.0. The van der Waals surface area contributed by atoms with Gasteiger partial charge >= 0.3 is 0 Å². The summed E-state index contributed by atoms with van der Waals surface area (Å²) in [6, 6.07) is 10.2. The number of pyridine rings is 1. The number of nitriles is 1. The van der Waals surface area contributed by atoms with Crippen molar-refractivity contribution in [1.29, 1.82) is 5.26 Å². The summed E-state index contributed by atoms with van der Waals surface area (Å²) in [7, 11) is 2.06. The van der Waals surface area contributed by atoms with Crippen LogP contribution in [-0.4, -0.2) is 79.2 Å². The molecule has 1 amide bonds. The molecule has 2 fully saturated rings. The molecular weight excluding hydrogens is 569 g/mol. The first kappa shape index (κ1) is 29.8.